The molecule has 0 unspecified atom stereocenters. The first-order chi connectivity index (χ1) is 39.9. The van der Waals surface area contributed by atoms with Gasteiger partial charge < -0.3 is 46.8 Å². The average molecular weight is 1160 g/mol. The van der Waals surface area contributed by atoms with Crippen molar-refractivity contribution >= 4 is 96.5 Å². The Morgan fingerprint density at radius 2 is 0.494 bits per heavy atom. The van der Waals surface area contributed by atoms with Crippen LogP contribution in [0.1, 0.15) is 0 Å². The van der Waals surface area contributed by atoms with Crippen LogP contribution in [0.5, 0.6) is 46.0 Å². The van der Waals surface area contributed by atoms with Crippen molar-refractivity contribution in [3.8, 4) is 113 Å². The maximum absolute atomic E-state index is 13.6. The minimum atomic E-state index is -4.88. The van der Waals surface area contributed by atoms with Crippen molar-refractivity contribution < 1.29 is 56.0 Å². The van der Waals surface area contributed by atoms with Crippen molar-refractivity contribution in [1.82, 2.24) is 0 Å². The molecule has 0 radical (unpaired) electrons. The number of hydrogen-bond donors (Lipinski definition) is 0. The van der Waals surface area contributed by atoms with E-state index in [4.69, 9.17) is 37.0 Å². The standard InChI is InChI=1S/2C34H25O6P.Ca/c2*1-37-25-15-11-21(12-16-25)29-19-23-7-3-5-9-27(23)31-32-28-10-6-4-8-24(28)20-30(22-13-17-26(38-2)18-14-22)34(32)40-41(35,36)39-33(29)31;/h2*3-20H,1-2H3,(H,35,36);/q;;+2/p-2. The Bertz CT molecular complexity index is 4010. The SMILES string of the molecule is COc1ccc(-c2cc3ccccc3c3c2OP(=O)([O-])Oc2c(-c4ccc(OC)cc4)cc4ccccc4c2-3)cc1.COc1ccc(-c2cc3ccccc3c3c2OP(=O)([O-])Oc2c(-c4ccc(OC)cc4)cc4ccccc4c2-3)cc1.[Ca+2]. The summed E-state index contributed by atoms with van der Waals surface area (Å²) in [6.45, 7) is 0. The Morgan fingerprint density at radius 3 is 0.687 bits per heavy atom. The smallest absolute Gasteiger partial charge is 0.736 e. The number of hydrogen-bond acceptors (Lipinski definition) is 12. The molecule has 2 aliphatic heterocycles. The topological polar surface area (TPSA) is 154 Å². The van der Waals surface area contributed by atoms with Crippen molar-refractivity contribution in [2.45, 2.75) is 0 Å². The van der Waals surface area contributed by atoms with E-state index >= 15 is 0 Å². The quantitative estimate of drug-likeness (QED) is 0.105. The summed E-state index contributed by atoms with van der Waals surface area (Å²) in [7, 11) is -3.33. The summed E-state index contributed by atoms with van der Waals surface area (Å²) in [6, 6.07) is 69.2. The third-order valence-electron chi connectivity index (χ3n) is 14.9. The fraction of sp³-hybridized carbons (Fsp3) is 0.0588. The van der Waals surface area contributed by atoms with E-state index in [0.29, 0.717) is 67.5 Å². The maximum atomic E-state index is 13.6. The molecule has 0 aromatic heterocycles. The second-order valence-electron chi connectivity index (χ2n) is 19.6. The van der Waals surface area contributed by atoms with Crippen LogP contribution in [0.15, 0.2) is 218 Å². The largest absolute Gasteiger partial charge is 2.00 e. The minimum Gasteiger partial charge on any atom is -0.736 e. The molecule has 12 nitrogen and oxygen atoms in total. The zero-order valence-electron chi connectivity index (χ0n) is 45.3. The number of rotatable bonds is 8. The molecule has 14 rings (SSSR count). The molecule has 12 aromatic rings. The van der Waals surface area contributed by atoms with Crippen LogP contribution in [-0.4, -0.2) is 66.2 Å². The summed E-state index contributed by atoms with van der Waals surface area (Å²) < 4.78 is 72.1. The van der Waals surface area contributed by atoms with Crippen molar-refractivity contribution in [2.75, 3.05) is 28.4 Å². The molecule has 404 valence electrons. The van der Waals surface area contributed by atoms with E-state index in [0.717, 1.165) is 65.3 Å². The van der Waals surface area contributed by atoms with Gasteiger partial charge >= 0.3 is 53.4 Å². The second kappa shape index (κ2) is 22.5. The predicted molar refractivity (Wildman–Crippen MR) is 325 cm³/mol. The van der Waals surface area contributed by atoms with Crippen LogP contribution in [0.25, 0.3) is 110 Å². The third-order valence-corrected chi connectivity index (χ3v) is 16.5. The molecule has 0 saturated carbocycles. The Hall–Kier alpha value is -8.28. The number of methoxy groups -OCH3 is 4. The monoisotopic (exact) mass is 1160 g/mol. The molecule has 0 N–H and O–H groups in total. The van der Waals surface area contributed by atoms with Crippen LogP contribution in [0, 0.1) is 0 Å². The van der Waals surface area contributed by atoms with Crippen molar-refractivity contribution in [3.05, 3.63) is 218 Å². The first-order valence-corrected chi connectivity index (χ1v) is 29.1. The van der Waals surface area contributed by atoms with Crippen LogP contribution in [-0.2, 0) is 9.13 Å². The van der Waals surface area contributed by atoms with E-state index < -0.39 is 15.6 Å². The Morgan fingerprint density at radius 1 is 0.301 bits per heavy atom. The normalized spacial score (nSPS) is 13.3. The zero-order chi connectivity index (χ0) is 56.3. The summed E-state index contributed by atoms with van der Waals surface area (Å²) >= 11 is 0. The first-order valence-electron chi connectivity index (χ1n) is 26.1. The van der Waals surface area contributed by atoms with E-state index in [1.165, 1.54) is 0 Å². The van der Waals surface area contributed by atoms with Crippen LogP contribution < -0.4 is 46.8 Å². The molecule has 2 heterocycles. The van der Waals surface area contributed by atoms with Gasteiger partial charge in [0.05, 0.1) is 28.4 Å². The summed E-state index contributed by atoms with van der Waals surface area (Å²) in [5.74, 6) is 3.68. The molecule has 0 atom stereocenters. The fourth-order valence-electron chi connectivity index (χ4n) is 11.1. The van der Waals surface area contributed by atoms with Crippen LogP contribution in [0.4, 0.5) is 0 Å². The Labute approximate surface area is 508 Å². The molecular formula is C68H48CaO12P2. The molecule has 0 bridgehead atoms. The molecule has 0 amide bonds. The van der Waals surface area contributed by atoms with Crippen molar-refractivity contribution in [1.29, 1.82) is 0 Å². The van der Waals surface area contributed by atoms with E-state index in [-0.39, 0.29) is 60.7 Å². The molecule has 83 heavy (non-hydrogen) atoms. The third kappa shape index (κ3) is 10.3. The van der Waals surface area contributed by atoms with Gasteiger partial charge in [0.1, 0.15) is 46.0 Å². The number of fused-ring (bicyclic) bond motifs is 14. The predicted octanol–water partition coefficient (Wildman–Crippen LogP) is 16.1. The van der Waals surface area contributed by atoms with E-state index in [1.54, 1.807) is 28.4 Å². The van der Waals surface area contributed by atoms with Gasteiger partial charge in [0, 0.05) is 44.5 Å². The molecule has 15 heteroatoms. The van der Waals surface area contributed by atoms with Gasteiger partial charge in [-0.1, -0.05) is 146 Å². The zero-order valence-corrected chi connectivity index (χ0v) is 49.3. The number of phosphoric ester groups is 2. The number of ether oxygens (including phenoxy) is 4. The molecule has 0 saturated heterocycles. The van der Waals surface area contributed by atoms with Gasteiger partial charge in [-0.15, -0.1) is 0 Å². The van der Waals surface area contributed by atoms with Gasteiger partial charge in [0.25, 0.3) is 0 Å². The van der Waals surface area contributed by atoms with Gasteiger partial charge in [0.2, 0.25) is 0 Å². The van der Waals surface area contributed by atoms with Gasteiger partial charge in [0.15, 0.2) is 0 Å². The first kappa shape index (κ1) is 55.3. The van der Waals surface area contributed by atoms with Gasteiger partial charge in [-0.25, -0.2) is 9.13 Å². The Balaban J connectivity index is 0.000000162. The number of phosphoric acid groups is 2. The average Bonchev–Trinajstić information content (AvgIpc) is 4.01. The second-order valence-corrected chi connectivity index (χ2v) is 22.1. The fourth-order valence-corrected chi connectivity index (χ4v) is 12.8. The van der Waals surface area contributed by atoms with Crippen LogP contribution in [0.3, 0.4) is 0 Å². The summed E-state index contributed by atoms with van der Waals surface area (Å²) in [5.41, 5.74) is 8.29. The molecule has 2 aliphatic rings. The summed E-state index contributed by atoms with van der Waals surface area (Å²) in [5, 5.41) is 7.15. The summed E-state index contributed by atoms with van der Waals surface area (Å²) in [4.78, 5) is 27.2. The van der Waals surface area contributed by atoms with Crippen LogP contribution in [0.2, 0.25) is 0 Å². The van der Waals surface area contributed by atoms with Gasteiger partial charge in [-0.2, -0.15) is 0 Å². The van der Waals surface area contributed by atoms with Crippen molar-refractivity contribution in [3.63, 3.8) is 0 Å². The molecule has 0 aliphatic carbocycles. The summed E-state index contributed by atoms with van der Waals surface area (Å²) in [6.07, 6.45) is 0. The number of benzene rings is 12. The minimum absolute atomic E-state index is 0. The Kier molecular flexibility index (Phi) is 15.0. The van der Waals surface area contributed by atoms with Crippen molar-refractivity contribution in [2.24, 2.45) is 0 Å². The van der Waals surface area contributed by atoms with Gasteiger partial charge in [-0.05, 0) is 138 Å². The molecule has 0 spiro atoms. The maximum Gasteiger partial charge on any atom is 2.00 e. The van der Waals surface area contributed by atoms with Gasteiger partial charge in [-0.3, -0.25) is 0 Å². The van der Waals surface area contributed by atoms with E-state index in [9.17, 15) is 18.9 Å². The molecule has 0 fully saturated rings. The van der Waals surface area contributed by atoms with E-state index in [1.807, 2.05) is 218 Å². The van der Waals surface area contributed by atoms with Crippen LogP contribution >= 0.6 is 15.6 Å². The molecule has 12 aromatic carbocycles. The van der Waals surface area contributed by atoms with E-state index in [2.05, 4.69) is 0 Å². The molecular weight excluding hydrogens is 1110 g/mol.